The topological polar surface area (TPSA) is 20.3 Å². The van der Waals surface area contributed by atoms with Gasteiger partial charge < -0.3 is 4.90 Å². The van der Waals surface area contributed by atoms with Crippen LogP contribution in [0, 0.1) is 0 Å². The highest BCUT2D eigenvalue weighted by atomic mass is 16.1. The summed E-state index contributed by atoms with van der Waals surface area (Å²) in [6, 6.07) is 9.21. The summed E-state index contributed by atoms with van der Waals surface area (Å²) in [6.07, 6.45) is 7.39. The van der Waals surface area contributed by atoms with E-state index in [1.807, 2.05) is 0 Å². The lowest BCUT2D eigenvalue weighted by Gasteiger charge is -2.37. The van der Waals surface area contributed by atoms with Crippen LogP contribution in [-0.2, 0) is 11.2 Å². The van der Waals surface area contributed by atoms with E-state index in [4.69, 9.17) is 0 Å². The number of fused-ring (bicyclic) bond motifs is 1. The molecule has 1 aromatic carbocycles. The minimum absolute atomic E-state index is 0.0884. The molecule has 3 rings (SSSR count). The third kappa shape index (κ3) is 1.94. The number of anilines is 1. The lowest BCUT2D eigenvalue weighted by Crippen LogP contribution is -2.45. The molecule has 2 aliphatic rings. The summed E-state index contributed by atoms with van der Waals surface area (Å²) in [7, 11) is 0. The Bertz CT molecular complexity index is 448. The maximum Gasteiger partial charge on any atom is 0.152 e. The number of para-hydroxylation sites is 1. The normalized spacial score (nSPS) is 24.1. The highest BCUT2D eigenvalue weighted by molar-refractivity contribution is 5.88. The fourth-order valence-corrected chi connectivity index (χ4v) is 3.56. The quantitative estimate of drug-likeness (QED) is 0.794. The van der Waals surface area contributed by atoms with E-state index in [0.29, 0.717) is 11.8 Å². The summed E-state index contributed by atoms with van der Waals surface area (Å²) in [5, 5.41) is 0. The third-order valence-corrected chi connectivity index (χ3v) is 4.46. The van der Waals surface area contributed by atoms with Crippen molar-refractivity contribution in [1.29, 1.82) is 0 Å². The molecule has 0 aromatic heterocycles. The van der Waals surface area contributed by atoms with Crippen LogP contribution in [0.3, 0.4) is 0 Å². The van der Waals surface area contributed by atoms with Gasteiger partial charge in [0.05, 0.1) is 6.04 Å². The molecule has 1 fully saturated rings. The predicted octanol–water partition coefficient (Wildman–Crippen LogP) is 3.34. The first kappa shape index (κ1) is 11.8. The van der Waals surface area contributed by atoms with Crippen LogP contribution in [0.25, 0.3) is 0 Å². The maximum atomic E-state index is 11.9. The van der Waals surface area contributed by atoms with Crippen LogP contribution in [0.1, 0.15) is 44.6 Å². The second kappa shape index (κ2) is 4.75. The highest BCUT2D eigenvalue weighted by Gasteiger charge is 2.36. The molecular weight excluding hydrogens is 222 g/mol. The maximum absolute atomic E-state index is 11.9. The molecule has 1 heterocycles. The van der Waals surface area contributed by atoms with E-state index in [1.54, 1.807) is 6.92 Å². The van der Waals surface area contributed by atoms with Gasteiger partial charge in [0.15, 0.2) is 5.78 Å². The molecule has 0 radical (unpaired) electrons. The Morgan fingerprint density at radius 1 is 1.17 bits per heavy atom. The smallest absolute Gasteiger partial charge is 0.152 e. The van der Waals surface area contributed by atoms with E-state index in [9.17, 15) is 4.79 Å². The Morgan fingerprint density at radius 2 is 1.89 bits per heavy atom. The van der Waals surface area contributed by atoms with E-state index in [2.05, 4.69) is 29.2 Å². The first-order valence-electron chi connectivity index (χ1n) is 7.14. The minimum Gasteiger partial charge on any atom is -0.358 e. The molecule has 0 saturated heterocycles. The van der Waals surface area contributed by atoms with Gasteiger partial charge in [-0.3, -0.25) is 4.79 Å². The number of Topliss-reactive ketones (excluding diaryl/α,β-unsaturated/α-hetero) is 1. The molecule has 0 amide bonds. The summed E-state index contributed by atoms with van der Waals surface area (Å²) < 4.78 is 0. The number of ketones is 1. The van der Waals surface area contributed by atoms with Crippen LogP contribution in [0.5, 0.6) is 0 Å². The molecule has 1 aliphatic heterocycles. The molecule has 96 valence electrons. The van der Waals surface area contributed by atoms with Crippen molar-refractivity contribution >= 4 is 11.5 Å². The van der Waals surface area contributed by atoms with Crippen molar-refractivity contribution in [1.82, 2.24) is 0 Å². The molecule has 1 aromatic rings. The number of carbonyl (C=O) groups excluding carboxylic acids is 1. The van der Waals surface area contributed by atoms with Gasteiger partial charge in [0.2, 0.25) is 0 Å². The average Bonchev–Trinajstić information content (AvgIpc) is 2.79. The lowest BCUT2D eigenvalue weighted by molar-refractivity contribution is -0.118. The van der Waals surface area contributed by atoms with Crippen LogP contribution in [0.4, 0.5) is 5.69 Å². The van der Waals surface area contributed by atoms with Crippen molar-refractivity contribution in [2.45, 2.75) is 57.5 Å². The van der Waals surface area contributed by atoms with Gasteiger partial charge in [-0.1, -0.05) is 37.5 Å². The Hall–Kier alpha value is -1.31. The molecule has 18 heavy (non-hydrogen) atoms. The van der Waals surface area contributed by atoms with Gasteiger partial charge in [-0.2, -0.15) is 0 Å². The summed E-state index contributed by atoms with van der Waals surface area (Å²) in [5.74, 6) is 0.316. The van der Waals surface area contributed by atoms with Gasteiger partial charge in [0.1, 0.15) is 0 Å². The summed E-state index contributed by atoms with van der Waals surface area (Å²) in [5.41, 5.74) is 2.66. The molecule has 1 saturated carbocycles. The van der Waals surface area contributed by atoms with Crippen molar-refractivity contribution < 1.29 is 4.79 Å². The second-order valence-electron chi connectivity index (χ2n) is 5.66. The van der Waals surface area contributed by atoms with Crippen molar-refractivity contribution in [3.63, 3.8) is 0 Å². The average molecular weight is 243 g/mol. The van der Waals surface area contributed by atoms with Gasteiger partial charge in [-0.15, -0.1) is 0 Å². The number of hydrogen-bond acceptors (Lipinski definition) is 2. The van der Waals surface area contributed by atoms with Crippen LogP contribution in [0.15, 0.2) is 24.3 Å². The molecule has 2 heteroatoms. The zero-order valence-electron chi connectivity index (χ0n) is 11.1. The van der Waals surface area contributed by atoms with Crippen molar-refractivity contribution in [2.75, 3.05) is 4.90 Å². The van der Waals surface area contributed by atoms with E-state index >= 15 is 0 Å². The van der Waals surface area contributed by atoms with Crippen molar-refractivity contribution in [3.05, 3.63) is 29.8 Å². The van der Waals surface area contributed by atoms with Gasteiger partial charge >= 0.3 is 0 Å². The van der Waals surface area contributed by atoms with Crippen LogP contribution < -0.4 is 4.90 Å². The number of nitrogens with zero attached hydrogens (tertiary/aromatic N) is 1. The largest absolute Gasteiger partial charge is 0.358 e. The number of benzene rings is 1. The first-order chi connectivity index (χ1) is 8.77. The molecule has 1 aliphatic carbocycles. The van der Waals surface area contributed by atoms with Crippen LogP contribution in [-0.4, -0.2) is 17.9 Å². The van der Waals surface area contributed by atoms with Gasteiger partial charge in [0.25, 0.3) is 0 Å². The van der Waals surface area contributed by atoms with E-state index in [0.717, 1.165) is 6.42 Å². The van der Waals surface area contributed by atoms with E-state index < -0.39 is 0 Å². The summed E-state index contributed by atoms with van der Waals surface area (Å²) >= 11 is 0. The second-order valence-corrected chi connectivity index (χ2v) is 5.66. The number of rotatable bonds is 2. The zero-order valence-corrected chi connectivity index (χ0v) is 11.1. The first-order valence-corrected chi connectivity index (χ1v) is 7.14. The molecule has 2 nitrogen and oxygen atoms in total. The lowest BCUT2D eigenvalue weighted by atomic mass is 9.93. The summed E-state index contributed by atoms with van der Waals surface area (Å²) in [6.45, 7) is 1.74. The number of carbonyl (C=O) groups is 1. The van der Waals surface area contributed by atoms with Crippen molar-refractivity contribution in [3.8, 4) is 0 Å². The molecule has 1 unspecified atom stereocenters. The Kier molecular flexibility index (Phi) is 3.11. The van der Waals surface area contributed by atoms with Crippen LogP contribution in [0.2, 0.25) is 0 Å². The van der Waals surface area contributed by atoms with Gasteiger partial charge in [-0.05, 0) is 31.4 Å². The van der Waals surface area contributed by atoms with Crippen LogP contribution >= 0.6 is 0 Å². The highest BCUT2D eigenvalue weighted by Crippen LogP contribution is 2.37. The molecule has 0 spiro atoms. The Balaban J connectivity index is 1.94. The Labute approximate surface area is 109 Å². The van der Waals surface area contributed by atoms with Crippen molar-refractivity contribution in [2.24, 2.45) is 0 Å². The predicted molar refractivity (Wildman–Crippen MR) is 74.0 cm³/mol. The summed E-state index contributed by atoms with van der Waals surface area (Å²) in [4.78, 5) is 14.4. The number of hydrogen-bond donors (Lipinski definition) is 0. The Morgan fingerprint density at radius 3 is 2.61 bits per heavy atom. The monoisotopic (exact) mass is 243 g/mol. The third-order valence-electron chi connectivity index (χ3n) is 4.46. The fourth-order valence-electron chi connectivity index (χ4n) is 3.56. The zero-order chi connectivity index (χ0) is 12.5. The SMILES string of the molecule is CC(=O)C1Cc2ccccc2N1C1CCCCC1. The molecule has 0 bridgehead atoms. The minimum atomic E-state index is 0.0884. The standard InChI is InChI=1S/C16H21NO/c1-12(18)16-11-13-7-5-6-10-15(13)17(16)14-8-3-2-4-9-14/h5-7,10,14,16H,2-4,8-9,11H2,1H3. The van der Waals surface area contributed by atoms with E-state index in [1.165, 1.54) is 43.4 Å². The van der Waals surface area contributed by atoms with Gasteiger partial charge in [-0.25, -0.2) is 0 Å². The molecule has 1 atom stereocenters. The van der Waals surface area contributed by atoms with Gasteiger partial charge in [0, 0.05) is 18.2 Å². The van der Waals surface area contributed by atoms with E-state index in [-0.39, 0.29) is 6.04 Å². The molecule has 0 N–H and O–H groups in total. The fraction of sp³-hybridized carbons (Fsp3) is 0.562. The molecular formula is C16H21NO.